The number of fused-ring (bicyclic) bond motifs is 4. The number of piperazine rings is 1. The van der Waals surface area contributed by atoms with Gasteiger partial charge in [-0.3, -0.25) is 4.90 Å². The smallest absolute Gasteiger partial charge is 0.424 e. The van der Waals surface area contributed by atoms with E-state index in [2.05, 4.69) is 15.9 Å². The van der Waals surface area contributed by atoms with Gasteiger partial charge in [0.2, 0.25) is 11.3 Å². The number of rotatable bonds is 4. The maximum atomic E-state index is 11.8. The minimum atomic E-state index is -0.988. The molecule has 0 amide bonds. The Kier molecular flexibility index (Phi) is 4.83. The first-order chi connectivity index (χ1) is 16.2. The van der Waals surface area contributed by atoms with Crippen molar-refractivity contribution in [3.05, 3.63) is 63.3 Å². The summed E-state index contributed by atoms with van der Waals surface area (Å²) in [5.41, 5.74) is 0.586. The molecule has 0 atom stereocenters. The van der Waals surface area contributed by atoms with Crippen molar-refractivity contribution >= 4 is 27.9 Å². The van der Waals surface area contributed by atoms with E-state index in [9.17, 15) is 9.59 Å². The van der Waals surface area contributed by atoms with Gasteiger partial charge in [0.25, 0.3) is 0 Å². The molecule has 2 aromatic carbocycles. The molecule has 0 saturated carbocycles. The Morgan fingerprint density at radius 2 is 1.58 bits per heavy atom. The molecule has 33 heavy (non-hydrogen) atoms. The Balaban J connectivity index is 1.20. The second-order valence-corrected chi connectivity index (χ2v) is 8.21. The highest BCUT2D eigenvalue weighted by Crippen LogP contribution is 2.39. The van der Waals surface area contributed by atoms with Crippen LogP contribution in [-0.4, -0.2) is 55.4 Å². The van der Waals surface area contributed by atoms with Crippen molar-refractivity contribution in [1.82, 2.24) is 9.47 Å². The third-order valence-corrected chi connectivity index (χ3v) is 6.33. The molecule has 0 bridgehead atoms. The lowest BCUT2D eigenvalue weighted by atomic mass is 10.2. The highest BCUT2D eigenvalue weighted by Gasteiger charge is 2.24. The van der Waals surface area contributed by atoms with Crippen LogP contribution in [-0.2, 0) is 6.54 Å². The van der Waals surface area contributed by atoms with Crippen molar-refractivity contribution in [1.29, 1.82) is 0 Å². The third-order valence-electron chi connectivity index (χ3n) is 6.33. The molecule has 6 rings (SSSR count). The zero-order chi connectivity index (χ0) is 22.4. The van der Waals surface area contributed by atoms with Crippen LogP contribution in [0.2, 0.25) is 0 Å². The monoisotopic (exact) mass is 449 g/mol. The predicted octanol–water partition coefficient (Wildman–Crippen LogP) is 2.29. The van der Waals surface area contributed by atoms with Gasteiger partial charge in [0, 0.05) is 44.7 Å². The number of benzene rings is 2. The maximum Gasteiger partial charge on any atom is 0.424 e. The second kappa shape index (κ2) is 8.00. The molecule has 2 aliphatic rings. The van der Waals surface area contributed by atoms with Gasteiger partial charge in [0.15, 0.2) is 11.5 Å². The third kappa shape index (κ3) is 3.45. The van der Waals surface area contributed by atoms with Crippen molar-refractivity contribution in [2.45, 2.75) is 6.54 Å². The molecule has 9 heteroatoms. The van der Waals surface area contributed by atoms with Crippen LogP contribution >= 0.6 is 0 Å². The van der Waals surface area contributed by atoms with Crippen molar-refractivity contribution in [3.8, 4) is 11.5 Å². The molecule has 2 aliphatic heterocycles. The molecule has 0 unspecified atom stereocenters. The van der Waals surface area contributed by atoms with Crippen molar-refractivity contribution < 1.29 is 18.3 Å². The Hall–Kier alpha value is -3.72. The van der Waals surface area contributed by atoms with E-state index in [1.807, 2.05) is 41.0 Å². The summed E-state index contributed by atoms with van der Waals surface area (Å²) in [6.45, 7) is 6.06. The number of anilines is 1. The van der Waals surface area contributed by atoms with Gasteiger partial charge in [-0.25, -0.2) is 9.59 Å². The summed E-state index contributed by atoms with van der Waals surface area (Å²) in [5.74, 6) is 1.64. The van der Waals surface area contributed by atoms with Crippen LogP contribution in [0.25, 0.3) is 22.2 Å². The largest absolute Gasteiger partial charge is 0.486 e. The van der Waals surface area contributed by atoms with E-state index in [1.54, 1.807) is 0 Å². The first kappa shape index (κ1) is 19.9. The van der Waals surface area contributed by atoms with Crippen molar-refractivity contribution in [2.75, 3.05) is 50.8 Å². The quantitative estimate of drug-likeness (QED) is 0.439. The standard InChI is InChI=1S/C24H23N3O6/c28-23-24(29)33-22-20(32-23)16-4-1-2-5-17(16)27(22)13-10-25-8-11-26(12-9-25)18-6-3-7-19-21(18)31-15-14-30-19/h1-7H,8-15H2. The van der Waals surface area contributed by atoms with E-state index < -0.39 is 11.3 Å². The summed E-state index contributed by atoms with van der Waals surface area (Å²) >= 11 is 0. The van der Waals surface area contributed by atoms with Crippen LogP contribution in [0.15, 0.2) is 60.9 Å². The molecule has 0 aliphatic carbocycles. The SMILES string of the molecule is O=c1oc2c3ccccc3n(CCN3CCN(c4cccc5c4OCCO5)CC3)c2oc1=O. The lowest BCUT2D eigenvalue weighted by Crippen LogP contribution is -2.47. The highest BCUT2D eigenvalue weighted by molar-refractivity contribution is 6.02. The number of aromatic nitrogens is 1. The first-order valence-electron chi connectivity index (χ1n) is 11.1. The van der Waals surface area contributed by atoms with E-state index in [0.29, 0.717) is 31.1 Å². The number of hydrogen-bond acceptors (Lipinski definition) is 8. The minimum absolute atomic E-state index is 0.299. The number of ether oxygens (including phenoxy) is 2. The molecule has 4 heterocycles. The molecule has 9 nitrogen and oxygen atoms in total. The Morgan fingerprint density at radius 3 is 2.45 bits per heavy atom. The van der Waals surface area contributed by atoms with E-state index in [0.717, 1.165) is 60.8 Å². The second-order valence-electron chi connectivity index (χ2n) is 8.21. The van der Waals surface area contributed by atoms with Crippen LogP contribution in [0, 0.1) is 0 Å². The fraction of sp³-hybridized carbons (Fsp3) is 0.333. The van der Waals surface area contributed by atoms with Crippen LogP contribution in [0.3, 0.4) is 0 Å². The molecular formula is C24H23N3O6. The van der Waals surface area contributed by atoms with E-state index in [-0.39, 0.29) is 0 Å². The fourth-order valence-electron chi connectivity index (χ4n) is 4.70. The van der Waals surface area contributed by atoms with Gasteiger partial charge in [-0.05, 0) is 24.3 Å². The van der Waals surface area contributed by atoms with E-state index >= 15 is 0 Å². The van der Waals surface area contributed by atoms with Gasteiger partial charge in [-0.1, -0.05) is 18.2 Å². The average Bonchev–Trinajstić information content (AvgIpc) is 3.15. The van der Waals surface area contributed by atoms with Gasteiger partial charge in [-0.2, -0.15) is 0 Å². The predicted molar refractivity (Wildman–Crippen MR) is 123 cm³/mol. The zero-order valence-corrected chi connectivity index (χ0v) is 18.0. The van der Waals surface area contributed by atoms with Crippen LogP contribution < -0.4 is 25.6 Å². The Labute approximate surface area is 188 Å². The minimum Gasteiger partial charge on any atom is -0.486 e. The normalized spacial score (nSPS) is 16.5. The number of hydrogen-bond donors (Lipinski definition) is 0. The number of para-hydroxylation sites is 2. The maximum absolute atomic E-state index is 11.8. The van der Waals surface area contributed by atoms with Gasteiger partial charge in [0.05, 0.1) is 11.2 Å². The van der Waals surface area contributed by atoms with Gasteiger partial charge < -0.3 is 27.8 Å². The lowest BCUT2D eigenvalue weighted by molar-refractivity contribution is 0.171. The molecule has 170 valence electrons. The summed E-state index contributed by atoms with van der Waals surface area (Å²) in [6.07, 6.45) is 0. The molecule has 0 radical (unpaired) electrons. The van der Waals surface area contributed by atoms with Crippen LogP contribution in [0.4, 0.5) is 5.69 Å². The summed E-state index contributed by atoms with van der Waals surface area (Å²) < 4.78 is 24.1. The van der Waals surface area contributed by atoms with E-state index in [4.69, 9.17) is 18.3 Å². The Bertz CT molecular complexity index is 1440. The summed E-state index contributed by atoms with van der Waals surface area (Å²) in [5, 5.41) is 0.759. The molecule has 4 aromatic rings. The summed E-state index contributed by atoms with van der Waals surface area (Å²) in [7, 11) is 0. The van der Waals surface area contributed by atoms with Crippen LogP contribution in [0.5, 0.6) is 11.5 Å². The lowest BCUT2D eigenvalue weighted by Gasteiger charge is -2.37. The molecule has 1 fully saturated rings. The average molecular weight is 449 g/mol. The van der Waals surface area contributed by atoms with Gasteiger partial charge in [0.1, 0.15) is 13.2 Å². The Morgan fingerprint density at radius 1 is 0.788 bits per heavy atom. The summed E-state index contributed by atoms with van der Waals surface area (Å²) in [6, 6.07) is 13.6. The fourth-order valence-corrected chi connectivity index (χ4v) is 4.70. The van der Waals surface area contributed by atoms with Gasteiger partial charge in [-0.15, -0.1) is 0 Å². The molecule has 1 saturated heterocycles. The topological polar surface area (TPSA) is 90.3 Å². The van der Waals surface area contributed by atoms with Crippen LogP contribution in [0.1, 0.15) is 0 Å². The molecular weight excluding hydrogens is 426 g/mol. The van der Waals surface area contributed by atoms with Crippen molar-refractivity contribution in [2.24, 2.45) is 0 Å². The number of nitrogens with zero attached hydrogens (tertiary/aromatic N) is 3. The summed E-state index contributed by atoms with van der Waals surface area (Å²) in [4.78, 5) is 28.2. The van der Waals surface area contributed by atoms with Gasteiger partial charge >= 0.3 is 11.3 Å². The zero-order valence-electron chi connectivity index (χ0n) is 18.0. The first-order valence-corrected chi connectivity index (χ1v) is 11.1. The van der Waals surface area contributed by atoms with E-state index in [1.165, 1.54) is 0 Å². The molecule has 2 aromatic heterocycles. The van der Waals surface area contributed by atoms with Crippen molar-refractivity contribution in [3.63, 3.8) is 0 Å². The molecule has 0 spiro atoms. The highest BCUT2D eigenvalue weighted by atomic mass is 16.6. The molecule has 0 N–H and O–H groups in total.